The van der Waals surface area contributed by atoms with Crippen molar-refractivity contribution in [2.45, 2.75) is 26.3 Å². The highest BCUT2D eigenvalue weighted by atomic mass is 16.1. The lowest BCUT2D eigenvalue weighted by atomic mass is 10.2. The third kappa shape index (κ3) is 3.13. The summed E-state index contributed by atoms with van der Waals surface area (Å²) in [5.41, 5.74) is 3.09. The van der Waals surface area contributed by atoms with Crippen LogP contribution in [0.1, 0.15) is 31.2 Å². The molecule has 0 unspecified atom stereocenters. The lowest BCUT2D eigenvalue weighted by Gasteiger charge is -2.12. The number of carbonyl (C=O) groups is 1. The standard InChI is InChI=1S/C19H18N4O/c1-13(2)19-22-16-5-3-4-6-17(16)23(19)12-18(24)21-15-9-7-14(11-20)8-10-15/h3-10,13H,12H2,1-2H3,(H,21,24). The molecule has 0 radical (unpaired) electrons. The minimum Gasteiger partial charge on any atom is -0.325 e. The SMILES string of the molecule is CC(C)c1nc2ccccc2n1CC(=O)Nc1ccc(C#N)cc1. The number of nitriles is 1. The molecule has 0 spiro atoms. The van der Waals surface area contributed by atoms with Gasteiger partial charge in [0, 0.05) is 11.6 Å². The molecule has 0 aliphatic rings. The number of benzene rings is 2. The van der Waals surface area contributed by atoms with E-state index < -0.39 is 0 Å². The minimum absolute atomic E-state index is 0.121. The van der Waals surface area contributed by atoms with Crippen LogP contribution >= 0.6 is 0 Å². The molecular weight excluding hydrogens is 300 g/mol. The molecular formula is C19H18N4O. The second kappa shape index (κ2) is 6.55. The Bertz CT molecular complexity index is 917. The molecule has 0 aliphatic heterocycles. The average molecular weight is 318 g/mol. The first-order chi connectivity index (χ1) is 11.6. The molecule has 1 heterocycles. The molecule has 0 bridgehead atoms. The van der Waals surface area contributed by atoms with E-state index in [-0.39, 0.29) is 18.4 Å². The van der Waals surface area contributed by atoms with Gasteiger partial charge in [0.2, 0.25) is 5.91 Å². The molecule has 5 nitrogen and oxygen atoms in total. The third-order valence-electron chi connectivity index (χ3n) is 3.80. The molecule has 0 saturated heterocycles. The van der Waals surface area contributed by atoms with Crippen molar-refractivity contribution in [3.8, 4) is 6.07 Å². The Morgan fingerprint density at radius 2 is 1.92 bits per heavy atom. The number of nitrogens with zero attached hydrogens (tertiary/aromatic N) is 3. The third-order valence-corrected chi connectivity index (χ3v) is 3.80. The highest BCUT2D eigenvalue weighted by Crippen LogP contribution is 2.21. The number of fused-ring (bicyclic) bond motifs is 1. The summed E-state index contributed by atoms with van der Waals surface area (Å²) in [7, 11) is 0. The Labute approximate surface area is 140 Å². The predicted octanol–water partition coefficient (Wildman–Crippen LogP) is 3.67. The van der Waals surface area contributed by atoms with Gasteiger partial charge in [0.15, 0.2) is 0 Å². The van der Waals surface area contributed by atoms with E-state index in [1.807, 2.05) is 28.8 Å². The van der Waals surface area contributed by atoms with Crippen molar-refractivity contribution in [1.29, 1.82) is 5.26 Å². The second-order valence-electron chi connectivity index (χ2n) is 5.94. The van der Waals surface area contributed by atoms with Crippen LogP contribution in [0.2, 0.25) is 0 Å². The Balaban J connectivity index is 1.84. The van der Waals surface area contributed by atoms with Gasteiger partial charge in [0.05, 0.1) is 22.7 Å². The zero-order valence-electron chi connectivity index (χ0n) is 13.7. The van der Waals surface area contributed by atoms with Crippen molar-refractivity contribution in [2.75, 3.05) is 5.32 Å². The number of hydrogen-bond donors (Lipinski definition) is 1. The lowest BCUT2D eigenvalue weighted by Crippen LogP contribution is -2.20. The Kier molecular flexibility index (Phi) is 4.30. The van der Waals surface area contributed by atoms with Crippen LogP contribution in [-0.2, 0) is 11.3 Å². The van der Waals surface area contributed by atoms with Crippen LogP contribution in [0.5, 0.6) is 0 Å². The molecule has 1 aromatic heterocycles. The van der Waals surface area contributed by atoms with Crippen LogP contribution in [0.25, 0.3) is 11.0 Å². The van der Waals surface area contributed by atoms with Crippen molar-refractivity contribution in [2.24, 2.45) is 0 Å². The summed E-state index contributed by atoms with van der Waals surface area (Å²) in [4.78, 5) is 17.1. The van der Waals surface area contributed by atoms with Crippen molar-refractivity contribution in [3.05, 3.63) is 59.9 Å². The Morgan fingerprint density at radius 1 is 1.21 bits per heavy atom. The van der Waals surface area contributed by atoms with E-state index in [1.54, 1.807) is 24.3 Å². The molecule has 0 atom stereocenters. The van der Waals surface area contributed by atoms with Gasteiger partial charge in [-0.15, -0.1) is 0 Å². The number of amides is 1. The van der Waals surface area contributed by atoms with Gasteiger partial charge < -0.3 is 9.88 Å². The molecule has 24 heavy (non-hydrogen) atoms. The van der Waals surface area contributed by atoms with Crippen molar-refractivity contribution in [3.63, 3.8) is 0 Å². The van der Waals surface area contributed by atoms with Gasteiger partial charge in [-0.1, -0.05) is 26.0 Å². The van der Waals surface area contributed by atoms with Gasteiger partial charge >= 0.3 is 0 Å². The smallest absolute Gasteiger partial charge is 0.244 e. The lowest BCUT2D eigenvalue weighted by molar-refractivity contribution is -0.116. The predicted molar refractivity (Wildman–Crippen MR) is 93.6 cm³/mol. The number of imidazole rings is 1. The van der Waals surface area contributed by atoms with Crippen molar-refractivity contribution in [1.82, 2.24) is 9.55 Å². The van der Waals surface area contributed by atoms with Crippen molar-refractivity contribution < 1.29 is 4.79 Å². The zero-order valence-corrected chi connectivity index (χ0v) is 13.7. The molecule has 2 aromatic carbocycles. The first-order valence-corrected chi connectivity index (χ1v) is 7.83. The van der Waals surface area contributed by atoms with E-state index in [1.165, 1.54) is 0 Å². The molecule has 0 aliphatic carbocycles. The van der Waals surface area contributed by atoms with Crippen molar-refractivity contribution >= 4 is 22.6 Å². The molecule has 1 N–H and O–H groups in total. The summed E-state index contributed by atoms with van der Waals surface area (Å²) in [5, 5.41) is 11.7. The van der Waals surface area contributed by atoms with E-state index in [2.05, 4.69) is 30.2 Å². The van der Waals surface area contributed by atoms with Crippen LogP contribution < -0.4 is 5.32 Å². The first-order valence-electron chi connectivity index (χ1n) is 7.83. The fourth-order valence-corrected chi connectivity index (χ4v) is 2.67. The molecule has 0 fully saturated rings. The number of aromatic nitrogens is 2. The second-order valence-corrected chi connectivity index (χ2v) is 5.94. The Morgan fingerprint density at radius 3 is 2.58 bits per heavy atom. The summed E-state index contributed by atoms with van der Waals surface area (Å²) in [6, 6.07) is 16.7. The summed E-state index contributed by atoms with van der Waals surface area (Å²) < 4.78 is 1.96. The van der Waals surface area contributed by atoms with Gasteiger partial charge in [0.25, 0.3) is 0 Å². The molecule has 0 saturated carbocycles. The average Bonchev–Trinajstić information content (AvgIpc) is 2.94. The monoisotopic (exact) mass is 318 g/mol. The summed E-state index contributed by atoms with van der Waals surface area (Å²) in [6.07, 6.45) is 0. The maximum Gasteiger partial charge on any atom is 0.244 e. The number of anilines is 1. The number of carbonyl (C=O) groups excluding carboxylic acids is 1. The van der Waals surface area contributed by atoms with Crippen LogP contribution in [0.4, 0.5) is 5.69 Å². The topological polar surface area (TPSA) is 70.7 Å². The normalized spacial score (nSPS) is 10.8. The van der Waals surface area contributed by atoms with E-state index in [0.717, 1.165) is 16.9 Å². The van der Waals surface area contributed by atoms with Gasteiger partial charge in [-0.25, -0.2) is 4.98 Å². The number of rotatable bonds is 4. The summed E-state index contributed by atoms with van der Waals surface area (Å²) >= 11 is 0. The van der Waals surface area contributed by atoms with Crippen LogP contribution in [-0.4, -0.2) is 15.5 Å². The van der Waals surface area contributed by atoms with Crippen LogP contribution in [0.15, 0.2) is 48.5 Å². The fraction of sp³-hybridized carbons (Fsp3) is 0.211. The molecule has 5 heteroatoms. The first kappa shape index (κ1) is 15.8. The highest BCUT2D eigenvalue weighted by Gasteiger charge is 2.15. The summed E-state index contributed by atoms with van der Waals surface area (Å²) in [6.45, 7) is 4.33. The fourth-order valence-electron chi connectivity index (χ4n) is 2.67. The molecule has 120 valence electrons. The Hall–Kier alpha value is -3.13. The van der Waals surface area contributed by atoms with Crippen LogP contribution in [0, 0.1) is 11.3 Å². The minimum atomic E-state index is -0.121. The van der Waals surface area contributed by atoms with E-state index in [4.69, 9.17) is 5.26 Å². The van der Waals surface area contributed by atoms with Gasteiger partial charge in [-0.05, 0) is 36.4 Å². The maximum atomic E-state index is 12.4. The number of nitrogens with one attached hydrogen (secondary N) is 1. The van der Waals surface area contributed by atoms with E-state index in [9.17, 15) is 4.79 Å². The molecule has 1 amide bonds. The molecule has 3 rings (SSSR count). The molecule has 3 aromatic rings. The summed E-state index contributed by atoms with van der Waals surface area (Å²) in [5.74, 6) is 0.996. The van der Waals surface area contributed by atoms with E-state index >= 15 is 0 Å². The largest absolute Gasteiger partial charge is 0.325 e. The van der Waals surface area contributed by atoms with Gasteiger partial charge in [0.1, 0.15) is 12.4 Å². The highest BCUT2D eigenvalue weighted by molar-refractivity contribution is 5.91. The maximum absolute atomic E-state index is 12.4. The van der Waals surface area contributed by atoms with Gasteiger partial charge in [-0.2, -0.15) is 5.26 Å². The van der Waals surface area contributed by atoms with Crippen LogP contribution in [0.3, 0.4) is 0 Å². The number of para-hydroxylation sites is 2. The van der Waals surface area contributed by atoms with E-state index in [0.29, 0.717) is 11.3 Å². The quantitative estimate of drug-likeness (QED) is 0.798. The zero-order chi connectivity index (χ0) is 17.1. The van der Waals surface area contributed by atoms with Gasteiger partial charge in [-0.3, -0.25) is 4.79 Å². The number of hydrogen-bond acceptors (Lipinski definition) is 3.